The summed E-state index contributed by atoms with van der Waals surface area (Å²) in [6.45, 7) is 0. The highest BCUT2D eigenvalue weighted by molar-refractivity contribution is 6.02. The van der Waals surface area contributed by atoms with E-state index in [1.54, 1.807) is 4.40 Å². The number of hydrogen-bond acceptors (Lipinski definition) is 2. The number of nitrogens with zero attached hydrogens (tertiary/aromatic N) is 2. The number of rotatable bonds is 0. The van der Waals surface area contributed by atoms with Gasteiger partial charge in [-0.15, -0.1) is 0 Å². The summed E-state index contributed by atoms with van der Waals surface area (Å²) in [4.78, 5) is 17.8. The fourth-order valence-electron chi connectivity index (χ4n) is 3.41. The third-order valence-corrected chi connectivity index (χ3v) is 4.36. The van der Waals surface area contributed by atoms with Crippen molar-refractivity contribution in [3.8, 4) is 0 Å². The van der Waals surface area contributed by atoms with E-state index in [1.165, 1.54) is 0 Å². The van der Waals surface area contributed by atoms with E-state index in [9.17, 15) is 4.79 Å². The molecule has 0 atom stereocenters. The van der Waals surface area contributed by atoms with Gasteiger partial charge in [0.2, 0.25) is 0 Å². The first kappa shape index (κ1) is 11.7. The Morgan fingerprint density at radius 2 is 1.95 bits per heavy atom. The zero-order chi connectivity index (χ0) is 14.7. The lowest BCUT2D eigenvalue weighted by Gasteiger charge is -2.05. The zero-order valence-corrected chi connectivity index (χ0v) is 11.8. The highest BCUT2D eigenvalue weighted by Crippen LogP contribution is 2.24. The average molecular weight is 284 g/mol. The van der Waals surface area contributed by atoms with E-state index in [4.69, 9.17) is 4.98 Å². The van der Waals surface area contributed by atoms with E-state index < -0.39 is 0 Å². The topological polar surface area (TPSA) is 34.4 Å². The first-order valence-corrected chi connectivity index (χ1v) is 7.37. The van der Waals surface area contributed by atoms with Crippen LogP contribution in [0.5, 0.6) is 0 Å². The molecule has 0 radical (unpaired) electrons. The van der Waals surface area contributed by atoms with Gasteiger partial charge >= 0.3 is 0 Å². The van der Waals surface area contributed by atoms with Crippen LogP contribution in [0.1, 0.15) is 12.0 Å². The maximum absolute atomic E-state index is 13.1. The molecule has 0 fully saturated rings. The van der Waals surface area contributed by atoms with Gasteiger partial charge < -0.3 is 0 Å². The molecule has 0 unspecified atom stereocenters. The molecule has 5 rings (SSSR count). The lowest BCUT2D eigenvalue weighted by atomic mass is 10.0. The summed E-state index contributed by atoms with van der Waals surface area (Å²) in [6, 6.07) is 13.9. The van der Waals surface area contributed by atoms with Gasteiger partial charge in [-0.1, -0.05) is 48.6 Å². The van der Waals surface area contributed by atoms with Crippen LogP contribution in [0.2, 0.25) is 0 Å². The monoisotopic (exact) mass is 284 g/mol. The van der Waals surface area contributed by atoms with Gasteiger partial charge in [0.25, 0.3) is 5.56 Å². The molecule has 22 heavy (non-hydrogen) atoms. The summed E-state index contributed by atoms with van der Waals surface area (Å²) in [5, 5.41) is 2.83. The quantitative estimate of drug-likeness (QED) is 0.497. The number of pyridine rings is 1. The highest BCUT2D eigenvalue weighted by atomic mass is 16.1. The van der Waals surface area contributed by atoms with Crippen LogP contribution < -0.4 is 10.8 Å². The predicted octanol–water partition coefficient (Wildman–Crippen LogP) is 2.92. The number of fused-ring (bicyclic) bond motifs is 4. The Hall–Kier alpha value is -2.94. The lowest BCUT2D eigenvalue weighted by Crippen LogP contribution is -2.31. The number of benzene rings is 2. The van der Waals surface area contributed by atoms with Crippen LogP contribution in [0.15, 0.2) is 53.3 Å². The summed E-state index contributed by atoms with van der Waals surface area (Å²) in [5.41, 5.74) is 3.59. The molecule has 104 valence electrons. The molecule has 0 saturated carbocycles. The minimum atomic E-state index is 0.0207. The molecule has 2 aromatic heterocycles. The first-order chi connectivity index (χ1) is 10.8. The molecular weight excluding hydrogens is 272 g/mol. The van der Waals surface area contributed by atoms with Crippen LogP contribution in [-0.4, -0.2) is 9.38 Å². The lowest BCUT2D eigenvalue weighted by molar-refractivity contribution is 1.15. The Morgan fingerprint density at radius 3 is 2.91 bits per heavy atom. The normalized spacial score (nSPS) is 13.6. The molecular formula is C19H12N2O. The number of aromatic nitrogens is 2. The molecule has 2 heterocycles. The van der Waals surface area contributed by atoms with Crippen molar-refractivity contribution in [1.82, 2.24) is 9.38 Å². The Labute approximate surface area is 125 Å². The van der Waals surface area contributed by atoms with Crippen LogP contribution in [0, 0.1) is 0 Å². The zero-order valence-electron chi connectivity index (χ0n) is 11.8. The second kappa shape index (κ2) is 4.04. The molecule has 0 amide bonds. The third-order valence-electron chi connectivity index (χ3n) is 4.36. The molecule has 3 heteroatoms. The average Bonchev–Trinajstić information content (AvgIpc) is 2.80. The van der Waals surface area contributed by atoms with Gasteiger partial charge in [-0.05, 0) is 24.1 Å². The smallest absolute Gasteiger partial charge is 0.264 e. The van der Waals surface area contributed by atoms with Crippen molar-refractivity contribution in [3.05, 3.63) is 69.7 Å². The van der Waals surface area contributed by atoms with Gasteiger partial charge in [0, 0.05) is 16.0 Å². The molecule has 0 aliphatic heterocycles. The molecule has 1 aliphatic carbocycles. The Bertz CT molecular complexity index is 1220. The number of para-hydroxylation sites is 2. The first-order valence-electron chi connectivity index (χ1n) is 7.37. The Kier molecular flexibility index (Phi) is 2.15. The summed E-state index contributed by atoms with van der Waals surface area (Å²) >= 11 is 0. The third kappa shape index (κ3) is 1.35. The Morgan fingerprint density at radius 1 is 1.05 bits per heavy atom. The summed E-state index contributed by atoms with van der Waals surface area (Å²) < 4.78 is 1.75. The second-order valence-corrected chi connectivity index (χ2v) is 5.59. The predicted molar refractivity (Wildman–Crippen MR) is 89.8 cm³/mol. The van der Waals surface area contributed by atoms with E-state index in [2.05, 4.69) is 24.3 Å². The minimum Gasteiger partial charge on any atom is -0.268 e. The van der Waals surface area contributed by atoms with Gasteiger partial charge in [-0.25, -0.2) is 4.98 Å². The van der Waals surface area contributed by atoms with E-state index in [0.29, 0.717) is 0 Å². The van der Waals surface area contributed by atoms with Crippen LogP contribution in [0.25, 0.3) is 39.6 Å². The van der Waals surface area contributed by atoms with Crippen LogP contribution in [0.4, 0.5) is 0 Å². The largest absolute Gasteiger partial charge is 0.268 e. The van der Waals surface area contributed by atoms with E-state index >= 15 is 0 Å². The number of imidazole rings is 1. The number of hydrogen-bond donors (Lipinski definition) is 0. The van der Waals surface area contributed by atoms with Gasteiger partial charge in [0.1, 0.15) is 5.65 Å². The van der Waals surface area contributed by atoms with Crippen molar-refractivity contribution < 1.29 is 0 Å². The van der Waals surface area contributed by atoms with Crippen molar-refractivity contribution in [1.29, 1.82) is 0 Å². The fraction of sp³-hybridized carbons (Fsp3) is 0.0526. The summed E-state index contributed by atoms with van der Waals surface area (Å²) in [5.74, 6) is 0. The van der Waals surface area contributed by atoms with Gasteiger partial charge in [0.15, 0.2) is 0 Å². The molecule has 0 saturated heterocycles. The highest BCUT2D eigenvalue weighted by Gasteiger charge is 2.15. The standard InChI is InChI=1S/C19H12N2O/c22-19-14-8-2-1-6-12-7-5-9-13(17(12)14)18-20-15-10-3-4-11-16(15)21(18)19/h1,3-11H,2H2. The van der Waals surface area contributed by atoms with Crippen molar-refractivity contribution >= 4 is 39.6 Å². The van der Waals surface area contributed by atoms with Gasteiger partial charge in [0.05, 0.1) is 11.0 Å². The summed E-state index contributed by atoms with van der Waals surface area (Å²) in [6.07, 6.45) is 6.98. The van der Waals surface area contributed by atoms with Gasteiger partial charge in [-0.2, -0.15) is 0 Å². The fourth-order valence-corrected chi connectivity index (χ4v) is 3.41. The van der Waals surface area contributed by atoms with Crippen LogP contribution >= 0.6 is 0 Å². The molecule has 0 spiro atoms. The maximum Gasteiger partial charge on any atom is 0.264 e. The van der Waals surface area contributed by atoms with Crippen LogP contribution in [0.3, 0.4) is 0 Å². The summed E-state index contributed by atoms with van der Waals surface area (Å²) in [7, 11) is 0. The van der Waals surface area contributed by atoms with E-state index in [0.717, 1.165) is 44.7 Å². The molecule has 0 bridgehead atoms. The molecule has 4 aromatic rings. The van der Waals surface area contributed by atoms with Crippen molar-refractivity contribution in [3.63, 3.8) is 0 Å². The van der Waals surface area contributed by atoms with Crippen molar-refractivity contribution in [2.24, 2.45) is 0 Å². The van der Waals surface area contributed by atoms with Crippen molar-refractivity contribution in [2.75, 3.05) is 0 Å². The second-order valence-electron chi connectivity index (χ2n) is 5.59. The number of allylic oxidation sites excluding steroid dienone is 1. The molecule has 0 N–H and O–H groups in total. The van der Waals surface area contributed by atoms with Gasteiger partial charge in [-0.3, -0.25) is 9.20 Å². The van der Waals surface area contributed by atoms with E-state index in [-0.39, 0.29) is 5.56 Å². The van der Waals surface area contributed by atoms with Crippen LogP contribution in [-0.2, 0) is 0 Å². The SMILES string of the molecule is O=c1c2c3c(cccc3c3nc4ccccc4n13)C=CCC=2. The van der Waals surface area contributed by atoms with Crippen molar-refractivity contribution in [2.45, 2.75) is 6.42 Å². The molecule has 1 aliphatic rings. The molecule has 3 nitrogen and oxygen atoms in total. The minimum absolute atomic E-state index is 0.0207. The van der Waals surface area contributed by atoms with E-state index in [1.807, 2.05) is 36.4 Å². The Balaban J connectivity index is 2.23. The molecule has 2 aromatic carbocycles. The maximum atomic E-state index is 13.1.